The summed E-state index contributed by atoms with van der Waals surface area (Å²) in [5.74, 6) is 0.493. The van der Waals surface area contributed by atoms with Gasteiger partial charge in [-0.25, -0.2) is 9.67 Å². The molecule has 0 N–H and O–H groups in total. The van der Waals surface area contributed by atoms with Gasteiger partial charge in [-0.3, -0.25) is 0 Å². The van der Waals surface area contributed by atoms with E-state index in [0.717, 1.165) is 23.2 Å². The lowest BCUT2D eigenvalue weighted by Gasteiger charge is -2.25. The number of hydrogen-bond acceptors (Lipinski definition) is 3. The molecule has 0 aliphatic rings. The van der Waals surface area contributed by atoms with E-state index in [9.17, 15) is 0 Å². The third-order valence-corrected chi connectivity index (χ3v) is 4.92. The van der Waals surface area contributed by atoms with Gasteiger partial charge in [0.1, 0.15) is 11.2 Å². The van der Waals surface area contributed by atoms with Gasteiger partial charge < -0.3 is 4.40 Å². The van der Waals surface area contributed by atoms with Crippen molar-refractivity contribution in [1.29, 1.82) is 0 Å². The summed E-state index contributed by atoms with van der Waals surface area (Å²) < 4.78 is 4.07. The van der Waals surface area contributed by atoms with Crippen molar-refractivity contribution in [1.82, 2.24) is 24.4 Å². The van der Waals surface area contributed by atoms with E-state index in [2.05, 4.69) is 83.9 Å². The maximum Gasteiger partial charge on any atom is 0.136 e. The summed E-state index contributed by atoms with van der Waals surface area (Å²) in [6.45, 7) is 9.63. The molecule has 0 saturated carbocycles. The Hall–Kier alpha value is -2.69. The smallest absolute Gasteiger partial charge is 0.136 e. The first-order chi connectivity index (χ1) is 11.9. The van der Waals surface area contributed by atoms with Gasteiger partial charge in [0.15, 0.2) is 0 Å². The lowest BCUT2D eigenvalue weighted by molar-refractivity contribution is 0.408. The predicted octanol–water partition coefficient (Wildman–Crippen LogP) is 4.18. The van der Waals surface area contributed by atoms with Gasteiger partial charge in [-0.05, 0) is 35.2 Å². The Kier molecular flexibility index (Phi) is 3.60. The molecule has 0 fully saturated rings. The van der Waals surface area contributed by atoms with E-state index >= 15 is 0 Å². The molecule has 0 aliphatic heterocycles. The molecule has 0 radical (unpaired) electrons. The zero-order chi connectivity index (χ0) is 17.6. The molecule has 0 spiro atoms. The average molecular weight is 333 g/mol. The maximum absolute atomic E-state index is 4.41. The van der Waals surface area contributed by atoms with E-state index in [1.807, 2.05) is 17.1 Å². The van der Waals surface area contributed by atoms with Crippen molar-refractivity contribution in [2.75, 3.05) is 0 Å². The first-order valence-corrected chi connectivity index (χ1v) is 8.70. The average Bonchev–Trinajstić information content (AvgIpc) is 3.20. The Labute approximate surface area is 147 Å². The summed E-state index contributed by atoms with van der Waals surface area (Å²) in [4.78, 5) is 4.32. The summed E-state index contributed by atoms with van der Waals surface area (Å²) in [5, 5.41) is 8.79. The van der Waals surface area contributed by atoms with Crippen LogP contribution < -0.4 is 0 Å². The number of benzene rings is 1. The topological polar surface area (TPSA) is 48.0 Å². The molecule has 5 nitrogen and oxygen atoms in total. The highest BCUT2D eigenvalue weighted by Crippen LogP contribution is 2.27. The summed E-state index contributed by atoms with van der Waals surface area (Å²) in [6, 6.07) is 10.7. The Balaban J connectivity index is 1.69. The SMILES string of the molecule is CC(C)c1ccc2c(c1)nnn2CC(C)(C)c1ccc2nccn2c1. The third kappa shape index (κ3) is 2.80. The molecule has 0 bridgehead atoms. The molecule has 4 aromatic rings. The largest absolute Gasteiger partial charge is 0.307 e. The molecule has 0 aliphatic carbocycles. The maximum atomic E-state index is 4.41. The Morgan fingerprint density at radius 3 is 2.76 bits per heavy atom. The van der Waals surface area contributed by atoms with Crippen LogP contribution in [0.25, 0.3) is 16.7 Å². The minimum atomic E-state index is -0.0736. The van der Waals surface area contributed by atoms with Crippen LogP contribution in [0.4, 0.5) is 0 Å². The van der Waals surface area contributed by atoms with Crippen LogP contribution in [0.1, 0.15) is 44.7 Å². The van der Waals surface area contributed by atoms with Gasteiger partial charge in [0.2, 0.25) is 0 Å². The minimum absolute atomic E-state index is 0.0736. The molecule has 0 amide bonds. The zero-order valence-corrected chi connectivity index (χ0v) is 15.1. The molecule has 4 rings (SSSR count). The van der Waals surface area contributed by atoms with Crippen LogP contribution in [0.3, 0.4) is 0 Å². The van der Waals surface area contributed by atoms with E-state index < -0.39 is 0 Å². The number of aromatic nitrogens is 5. The number of hydrogen-bond donors (Lipinski definition) is 0. The normalized spacial score (nSPS) is 12.5. The standard InChI is InChI=1S/C20H23N5/c1-14(2)15-5-7-18-17(11-15)22-23-25(18)13-20(3,4)16-6-8-19-21-9-10-24(19)12-16/h5-12,14H,13H2,1-4H3. The number of rotatable bonds is 4. The van der Waals surface area contributed by atoms with Crippen molar-refractivity contribution < 1.29 is 0 Å². The monoisotopic (exact) mass is 333 g/mol. The van der Waals surface area contributed by atoms with Crippen LogP contribution in [-0.4, -0.2) is 24.4 Å². The fourth-order valence-corrected chi connectivity index (χ4v) is 3.25. The second-order valence-electron chi connectivity index (χ2n) is 7.64. The Morgan fingerprint density at radius 2 is 1.96 bits per heavy atom. The van der Waals surface area contributed by atoms with Gasteiger partial charge in [-0.15, -0.1) is 5.10 Å². The molecule has 5 heteroatoms. The van der Waals surface area contributed by atoms with Gasteiger partial charge in [0.25, 0.3) is 0 Å². The first kappa shape index (κ1) is 15.8. The van der Waals surface area contributed by atoms with Gasteiger partial charge in [-0.2, -0.15) is 0 Å². The number of fused-ring (bicyclic) bond motifs is 2. The van der Waals surface area contributed by atoms with Crippen molar-refractivity contribution in [3.05, 3.63) is 60.0 Å². The highest BCUT2D eigenvalue weighted by molar-refractivity contribution is 5.75. The minimum Gasteiger partial charge on any atom is -0.307 e. The third-order valence-electron chi connectivity index (χ3n) is 4.92. The lowest BCUT2D eigenvalue weighted by atomic mass is 9.85. The lowest BCUT2D eigenvalue weighted by Crippen LogP contribution is -2.25. The quantitative estimate of drug-likeness (QED) is 0.563. The van der Waals surface area contributed by atoms with Crippen LogP contribution in [0, 0.1) is 0 Å². The van der Waals surface area contributed by atoms with Crippen LogP contribution in [0.5, 0.6) is 0 Å². The summed E-state index contributed by atoms with van der Waals surface area (Å²) in [7, 11) is 0. The van der Waals surface area contributed by atoms with Crippen molar-refractivity contribution >= 4 is 16.7 Å². The van der Waals surface area contributed by atoms with E-state index in [4.69, 9.17) is 0 Å². The molecule has 3 aromatic heterocycles. The van der Waals surface area contributed by atoms with E-state index in [1.54, 1.807) is 0 Å². The van der Waals surface area contributed by atoms with Gasteiger partial charge in [-0.1, -0.05) is 45.0 Å². The van der Waals surface area contributed by atoms with Gasteiger partial charge >= 0.3 is 0 Å². The second kappa shape index (κ2) is 5.69. The van der Waals surface area contributed by atoms with Crippen LogP contribution in [0.2, 0.25) is 0 Å². The van der Waals surface area contributed by atoms with Crippen molar-refractivity contribution in [2.24, 2.45) is 0 Å². The molecule has 1 aromatic carbocycles. The molecule has 0 saturated heterocycles. The zero-order valence-electron chi connectivity index (χ0n) is 15.1. The highest BCUT2D eigenvalue weighted by Gasteiger charge is 2.24. The Morgan fingerprint density at radius 1 is 1.12 bits per heavy atom. The second-order valence-corrected chi connectivity index (χ2v) is 7.64. The van der Waals surface area contributed by atoms with E-state index in [0.29, 0.717) is 5.92 Å². The molecule has 3 heterocycles. The molecule has 25 heavy (non-hydrogen) atoms. The summed E-state index contributed by atoms with van der Waals surface area (Å²) >= 11 is 0. The number of nitrogens with zero attached hydrogens (tertiary/aromatic N) is 5. The highest BCUT2D eigenvalue weighted by atomic mass is 15.4. The molecule has 128 valence electrons. The number of pyridine rings is 1. The molecular formula is C20H23N5. The fraction of sp³-hybridized carbons (Fsp3) is 0.350. The van der Waals surface area contributed by atoms with Gasteiger partial charge in [0, 0.05) is 24.0 Å². The van der Waals surface area contributed by atoms with E-state index in [1.165, 1.54) is 11.1 Å². The first-order valence-electron chi connectivity index (χ1n) is 8.70. The van der Waals surface area contributed by atoms with Crippen molar-refractivity contribution in [3.8, 4) is 0 Å². The van der Waals surface area contributed by atoms with Crippen LogP contribution >= 0.6 is 0 Å². The van der Waals surface area contributed by atoms with E-state index in [-0.39, 0.29) is 5.41 Å². The number of imidazole rings is 1. The molecule has 0 atom stereocenters. The van der Waals surface area contributed by atoms with Crippen molar-refractivity contribution in [2.45, 2.75) is 45.6 Å². The summed E-state index contributed by atoms with van der Waals surface area (Å²) in [5.41, 5.74) is 5.49. The van der Waals surface area contributed by atoms with Crippen LogP contribution in [0.15, 0.2) is 48.9 Å². The van der Waals surface area contributed by atoms with Crippen molar-refractivity contribution in [3.63, 3.8) is 0 Å². The van der Waals surface area contributed by atoms with Gasteiger partial charge in [0.05, 0.1) is 12.1 Å². The molecule has 0 unspecified atom stereocenters. The predicted molar refractivity (Wildman–Crippen MR) is 99.8 cm³/mol. The molecular weight excluding hydrogens is 310 g/mol. The Bertz CT molecular complexity index is 1040. The van der Waals surface area contributed by atoms with Crippen LogP contribution in [-0.2, 0) is 12.0 Å². The summed E-state index contributed by atoms with van der Waals surface area (Å²) in [6.07, 6.45) is 5.95. The fourth-order valence-electron chi connectivity index (χ4n) is 3.25.